The minimum absolute atomic E-state index is 0.816. The van der Waals surface area contributed by atoms with Crippen LogP contribution in [-0.4, -0.2) is 221 Å². The molecule has 0 aliphatic carbocycles. The van der Waals surface area contributed by atoms with Gasteiger partial charge in [-0.15, -0.1) is 0 Å². The van der Waals surface area contributed by atoms with Crippen molar-refractivity contribution in [3.05, 3.63) is 0 Å². The first-order valence-electron chi connectivity index (χ1n) is 14.0. The molecule has 4 aliphatic heterocycles. The van der Waals surface area contributed by atoms with Gasteiger partial charge in [-0.05, 0) is 0 Å². The molecular formula is C24H42O21. The lowest BCUT2D eigenvalue weighted by molar-refractivity contribution is -0.409. The van der Waals surface area contributed by atoms with Crippen molar-refractivity contribution < 1.29 is 105 Å². The van der Waals surface area contributed by atoms with Crippen LogP contribution >= 0.6 is 0 Å². The lowest BCUT2D eigenvalue weighted by atomic mass is 9.97. The summed E-state index contributed by atoms with van der Waals surface area (Å²) < 4.78 is 38.3. The van der Waals surface area contributed by atoms with Crippen LogP contribution in [0.25, 0.3) is 0 Å². The maximum atomic E-state index is 11.1. The van der Waals surface area contributed by atoms with Crippen molar-refractivity contribution in [2.75, 3.05) is 39.6 Å². The third kappa shape index (κ3) is 6.74. The third-order valence-corrected chi connectivity index (χ3v) is 8.35. The van der Waals surface area contributed by atoms with Crippen molar-refractivity contribution in [2.24, 2.45) is 0 Å². The molecule has 0 amide bonds. The minimum atomic E-state index is -2.66. The van der Waals surface area contributed by atoms with Crippen molar-refractivity contribution in [3.63, 3.8) is 0 Å². The summed E-state index contributed by atoms with van der Waals surface area (Å²) in [5.41, 5.74) is 0. The van der Waals surface area contributed by atoms with Gasteiger partial charge < -0.3 is 105 Å². The van der Waals surface area contributed by atoms with E-state index in [0.29, 0.717) is 0 Å². The van der Waals surface area contributed by atoms with Crippen LogP contribution < -0.4 is 0 Å². The Morgan fingerprint density at radius 1 is 0.489 bits per heavy atom. The topological polar surface area (TPSA) is 348 Å². The molecule has 14 N–H and O–H groups in total. The number of ether oxygens (including phenoxy) is 7. The Kier molecular flexibility index (Phi) is 12.1. The molecule has 0 saturated carbocycles. The van der Waals surface area contributed by atoms with E-state index in [9.17, 15) is 71.5 Å². The zero-order valence-corrected chi connectivity index (χ0v) is 23.6. The fourth-order valence-electron chi connectivity index (χ4n) is 5.67. The van der Waals surface area contributed by atoms with Crippen molar-refractivity contribution in [1.82, 2.24) is 0 Å². The highest BCUT2D eigenvalue weighted by atomic mass is 16.8. The second-order valence-electron chi connectivity index (χ2n) is 11.2. The fourth-order valence-corrected chi connectivity index (χ4v) is 5.67. The van der Waals surface area contributed by atoms with Crippen LogP contribution in [0.4, 0.5) is 0 Å². The predicted molar refractivity (Wildman–Crippen MR) is 134 cm³/mol. The SMILES string of the molecule is OC[C@H]1O[C@@H](O[C@@H]2[C@@H](O)[C@@H](OC[C@@]3(O[C@]4(CO)O[C@H](CO)[C@@H](O)[C@@H]4O)O[C@H](CO)[C@@H](O)[C@@H]3O)O[C@H](CO)[C@H]2O)[C@H](O)[C@@H](O)[C@H]1O. The Balaban J connectivity index is 1.58. The van der Waals surface area contributed by atoms with Gasteiger partial charge in [0.1, 0.15) is 98.7 Å². The summed E-state index contributed by atoms with van der Waals surface area (Å²) in [6, 6.07) is 0. The Hall–Kier alpha value is -0.840. The molecule has 0 radical (unpaired) electrons. The molecule has 4 rings (SSSR count). The summed E-state index contributed by atoms with van der Waals surface area (Å²) in [4.78, 5) is 0. The molecule has 4 aliphatic rings. The largest absolute Gasteiger partial charge is 0.394 e. The van der Waals surface area contributed by atoms with Crippen LogP contribution in [0.3, 0.4) is 0 Å². The lowest BCUT2D eigenvalue weighted by Gasteiger charge is -2.46. The summed E-state index contributed by atoms with van der Waals surface area (Å²) in [6.07, 6.45) is -29.0. The predicted octanol–water partition coefficient (Wildman–Crippen LogP) is -9.75. The van der Waals surface area contributed by atoms with Gasteiger partial charge in [0, 0.05) is 0 Å². The molecule has 4 saturated heterocycles. The highest BCUT2D eigenvalue weighted by molar-refractivity contribution is 5.03. The molecule has 45 heavy (non-hydrogen) atoms. The van der Waals surface area contributed by atoms with Gasteiger partial charge in [0.2, 0.25) is 11.6 Å². The maximum absolute atomic E-state index is 11.1. The van der Waals surface area contributed by atoms with Gasteiger partial charge in [0.05, 0.1) is 26.4 Å². The van der Waals surface area contributed by atoms with E-state index in [4.69, 9.17) is 33.2 Å². The Morgan fingerprint density at radius 2 is 0.978 bits per heavy atom. The van der Waals surface area contributed by atoms with Gasteiger partial charge >= 0.3 is 0 Å². The zero-order chi connectivity index (χ0) is 33.4. The summed E-state index contributed by atoms with van der Waals surface area (Å²) in [6.45, 7) is -5.75. The molecular weight excluding hydrogens is 624 g/mol. The lowest BCUT2D eigenvalue weighted by Crippen LogP contribution is -2.65. The average molecular weight is 667 g/mol. The summed E-state index contributed by atoms with van der Waals surface area (Å²) in [5, 5.41) is 143. The normalized spacial score (nSPS) is 52.4. The van der Waals surface area contributed by atoms with Crippen molar-refractivity contribution in [1.29, 1.82) is 0 Å². The molecule has 18 atom stereocenters. The average Bonchev–Trinajstić information content (AvgIpc) is 3.42. The first-order chi connectivity index (χ1) is 21.2. The van der Waals surface area contributed by atoms with Crippen LogP contribution in [0.2, 0.25) is 0 Å². The highest BCUT2D eigenvalue weighted by Crippen LogP contribution is 2.42. The van der Waals surface area contributed by atoms with Crippen molar-refractivity contribution in [3.8, 4) is 0 Å². The Labute approximate surface area is 254 Å². The monoisotopic (exact) mass is 666 g/mol. The van der Waals surface area contributed by atoms with E-state index in [1.807, 2.05) is 0 Å². The van der Waals surface area contributed by atoms with E-state index in [0.717, 1.165) is 0 Å². The molecule has 264 valence electrons. The van der Waals surface area contributed by atoms with Gasteiger partial charge in [-0.25, -0.2) is 0 Å². The number of hydrogen-bond donors (Lipinski definition) is 14. The molecule has 0 unspecified atom stereocenters. The summed E-state index contributed by atoms with van der Waals surface area (Å²) in [7, 11) is 0. The van der Waals surface area contributed by atoms with Crippen LogP contribution in [0.15, 0.2) is 0 Å². The van der Waals surface area contributed by atoms with E-state index in [1.165, 1.54) is 0 Å². The van der Waals surface area contributed by atoms with Crippen molar-refractivity contribution in [2.45, 2.75) is 110 Å². The van der Waals surface area contributed by atoms with E-state index < -0.39 is 149 Å². The van der Waals surface area contributed by atoms with Gasteiger partial charge in [0.15, 0.2) is 12.6 Å². The van der Waals surface area contributed by atoms with E-state index in [1.54, 1.807) is 0 Å². The first-order valence-corrected chi connectivity index (χ1v) is 14.0. The molecule has 0 aromatic rings. The molecule has 0 aromatic heterocycles. The quantitative estimate of drug-likeness (QED) is 0.0919. The highest BCUT2D eigenvalue weighted by Gasteiger charge is 2.65. The molecule has 21 heteroatoms. The van der Waals surface area contributed by atoms with E-state index >= 15 is 0 Å². The van der Waals surface area contributed by atoms with Crippen LogP contribution in [0.5, 0.6) is 0 Å². The number of aliphatic hydroxyl groups excluding tert-OH is 14. The molecule has 0 bridgehead atoms. The van der Waals surface area contributed by atoms with Gasteiger partial charge in [-0.3, -0.25) is 0 Å². The first kappa shape index (κ1) is 37.0. The van der Waals surface area contributed by atoms with E-state index in [2.05, 4.69) is 0 Å². The van der Waals surface area contributed by atoms with E-state index in [-0.39, 0.29) is 0 Å². The summed E-state index contributed by atoms with van der Waals surface area (Å²) >= 11 is 0. The Morgan fingerprint density at radius 3 is 1.49 bits per heavy atom. The van der Waals surface area contributed by atoms with Gasteiger partial charge in [-0.2, -0.15) is 0 Å². The molecule has 21 nitrogen and oxygen atoms in total. The molecule has 0 aromatic carbocycles. The second-order valence-corrected chi connectivity index (χ2v) is 11.2. The van der Waals surface area contributed by atoms with Crippen LogP contribution in [-0.2, 0) is 33.2 Å². The zero-order valence-electron chi connectivity index (χ0n) is 23.6. The molecule has 4 heterocycles. The summed E-state index contributed by atoms with van der Waals surface area (Å²) in [5.74, 6) is -5.27. The Bertz CT molecular complexity index is 947. The maximum Gasteiger partial charge on any atom is 0.224 e. The van der Waals surface area contributed by atoms with Crippen LogP contribution in [0.1, 0.15) is 0 Å². The van der Waals surface area contributed by atoms with Crippen molar-refractivity contribution >= 4 is 0 Å². The van der Waals surface area contributed by atoms with Gasteiger partial charge in [-0.1, -0.05) is 0 Å². The van der Waals surface area contributed by atoms with Crippen LogP contribution in [0, 0.1) is 0 Å². The number of rotatable bonds is 12. The smallest absolute Gasteiger partial charge is 0.224 e. The fraction of sp³-hybridized carbons (Fsp3) is 1.00. The molecule has 4 fully saturated rings. The second kappa shape index (κ2) is 14.7. The minimum Gasteiger partial charge on any atom is -0.394 e. The number of aliphatic hydroxyl groups is 14. The number of hydrogen-bond acceptors (Lipinski definition) is 21. The standard InChI is InChI=1S/C24H42O21/c25-1-7-11(30)15(34)16(35)22(41-7)42-18-12(31)8(2-26)40-21(17(18)36)39-6-24(20(38)14(33)10(4-28)44-24)45-23(5-29)19(37)13(32)9(3-27)43-23/h7-22,25-38H,1-6H2/t7-,8-,9-,10-,11+,12-,13-,14-,15+,16-,17-,18+,19+,20+,21+,22+,23+,24+/m1/s1. The third-order valence-electron chi connectivity index (χ3n) is 8.35. The van der Waals surface area contributed by atoms with Gasteiger partial charge in [0.25, 0.3) is 0 Å². The molecule has 0 spiro atoms.